The van der Waals surface area contributed by atoms with Crippen molar-refractivity contribution >= 4 is 17.2 Å². The second kappa shape index (κ2) is 3.62. The first-order valence-corrected chi connectivity index (χ1v) is 6.57. The van der Waals surface area contributed by atoms with Crippen LogP contribution >= 0.6 is 12.2 Å². The van der Waals surface area contributed by atoms with Crippen LogP contribution in [0.4, 0.5) is 0 Å². The smallest absolute Gasteiger partial charge is 0.160 e. The van der Waals surface area contributed by atoms with Gasteiger partial charge in [-0.2, -0.15) is 0 Å². The Bertz CT molecular complexity index is 633. The number of hydrogen-bond acceptors (Lipinski definition) is 3. The molecule has 2 aliphatic rings. The summed E-state index contributed by atoms with van der Waals surface area (Å²) in [5, 5.41) is 8.38. The molecule has 4 nitrogen and oxygen atoms in total. The van der Waals surface area contributed by atoms with Crippen molar-refractivity contribution in [2.45, 2.75) is 18.9 Å². The molecule has 0 aliphatic carbocycles. The van der Waals surface area contributed by atoms with Gasteiger partial charge in [-0.25, -0.2) is 0 Å². The quantitative estimate of drug-likeness (QED) is 0.676. The van der Waals surface area contributed by atoms with E-state index in [0.29, 0.717) is 0 Å². The fraction of sp³-hybridized carbons (Fsp3) is 0.308. The van der Waals surface area contributed by atoms with Crippen LogP contribution in [-0.4, -0.2) is 31.2 Å². The molecule has 4 rings (SSSR count). The first kappa shape index (κ1) is 10.2. The second-order valence-electron chi connectivity index (χ2n) is 4.73. The zero-order valence-corrected chi connectivity index (χ0v) is 10.6. The van der Waals surface area contributed by atoms with Crippen molar-refractivity contribution in [2.24, 2.45) is 0 Å². The molecule has 5 heteroatoms. The van der Waals surface area contributed by atoms with E-state index in [-0.39, 0.29) is 6.04 Å². The van der Waals surface area contributed by atoms with E-state index >= 15 is 0 Å². The zero-order valence-electron chi connectivity index (χ0n) is 9.78. The van der Waals surface area contributed by atoms with Crippen LogP contribution in [0.5, 0.6) is 0 Å². The Morgan fingerprint density at radius 1 is 1.28 bits per heavy atom. The van der Waals surface area contributed by atoms with E-state index < -0.39 is 0 Å². The number of thiocarbonyl (C=S) groups is 1. The predicted molar refractivity (Wildman–Crippen MR) is 71.7 cm³/mol. The highest BCUT2D eigenvalue weighted by Crippen LogP contribution is 2.37. The van der Waals surface area contributed by atoms with Gasteiger partial charge in [0, 0.05) is 12.1 Å². The Morgan fingerprint density at radius 3 is 3.11 bits per heavy atom. The van der Waals surface area contributed by atoms with Crippen molar-refractivity contribution in [2.75, 3.05) is 6.54 Å². The summed E-state index contributed by atoms with van der Waals surface area (Å²) in [5.41, 5.74) is 2.20. The molecule has 1 aromatic heterocycles. The fourth-order valence-electron chi connectivity index (χ4n) is 2.95. The van der Waals surface area contributed by atoms with Gasteiger partial charge in [0.15, 0.2) is 5.82 Å². The first-order chi connectivity index (χ1) is 8.86. The van der Waals surface area contributed by atoms with Gasteiger partial charge < -0.3 is 4.90 Å². The molecule has 0 spiro atoms. The Morgan fingerprint density at radius 2 is 2.17 bits per heavy atom. The number of rotatable bonds is 0. The molecule has 18 heavy (non-hydrogen) atoms. The van der Waals surface area contributed by atoms with Gasteiger partial charge in [0.1, 0.15) is 11.3 Å². The normalized spacial score (nSPS) is 21.2. The van der Waals surface area contributed by atoms with Gasteiger partial charge >= 0.3 is 0 Å². The van der Waals surface area contributed by atoms with E-state index in [1.807, 2.05) is 12.1 Å². The van der Waals surface area contributed by atoms with E-state index in [1.165, 1.54) is 6.42 Å². The molecule has 0 amide bonds. The third-order valence-corrected chi connectivity index (χ3v) is 4.23. The number of para-hydroxylation sites is 1. The molecular weight excluding hydrogens is 244 g/mol. The fourth-order valence-corrected chi connectivity index (χ4v) is 3.35. The molecule has 0 saturated carbocycles. The van der Waals surface area contributed by atoms with Crippen molar-refractivity contribution < 1.29 is 0 Å². The molecule has 0 radical (unpaired) electrons. The molecule has 1 atom stereocenters. The summed E-state index contributed by atoms with van der Waals surface area (Å²) in [7, 11) is 0. The summed E-state index contributed by atoms with van der Waals surface area (Å²) < 4.78 is 2.08. The lowest BCUT2D eigenvalue weighted by Crippen LogP contribution is -2.28. The van der Waals surface area contributed by atoms with E-state index in [9.17, 15) is 0 Å². The van der Waals surface area contributed by atoms with Crippen molar-refractivity contribution in [3.63, 3.8) is 0 Å². The van der Waals surface area contributed by atoms with Gasteiger partial charge in [0.05, 0.1) is 11.7 Å². The minimum Gasteiger partial charge on any atom is -0.352 e. The summed E-state index contributed by atoms with van der Waals surface area (Å²) in [6.07, 6.45) is 4.06. The van der Waals surface area contributed by atoms with Crippen molar-refractivity contribution in [3.05, 3.63) is 42.0 Å². The van der Waals surface area contributed by atoms with Crippen LogP contribution in [0.1, 0.15) is 30.3 Å². The molecule has 1 unspecified atom stereocenters. The lowest BCUT2D eigenvalue weighted by Gasteiger charge is -2.23. The number of nitrogens with zero attached hydrogens (tertiary/aromatic N) is 4. The van der Waals surface area contributed by atoms with Gasteiger partial charge in [0.25, 0.3) is 0 Å². The summed E-state index contributed by atoms with van der Waals surface area (Å²) in [6.45, 7) is 1.02. The minimum atomic E-state index is 0.285. The lowest BCUT2D eigenvalue weighted by atomic mass is 10.1. The monoisotopic (exact) mass is 256 g/mol. The van der Waals surface area contributed by atoms with Crippen LogP contribution in [0, 0.1) is 0 Å². The topological polar surface area (TPSA) is 34.0 Å². The van der Waals surface area contributed by atoms with E-state index in [0.717, 1.165) is 35.0 Å². The highest BCUT2D eigenvalue weighted by atomic mass is 32.1. The molecule has 2 aliphatic heterocycles. The molecule has 1 aromatic carbocycles. The zero-order chi connectivity index (χ0) is 12.1. The highest BCUT2D eigenvalue weighted by molar-refractivity contribution is 7.80. The van der Waals surface area contributed by atoms with Gasteiger partial charge in [-0.3, -0.25) is 4.57 Å². The standard InChI is InChI=1S/C13H12N4S/c18-13-9-4-1-2-5-10(9)17-8-14-15-12(17)11-6-3-7-16(11)13/h1-2,4-5,8,11H,3,6-7H2. The SMILES string of the molecule is S=C1c2ccccc2-n2cnnc2C2CCCN12. The molecule has 1 saturated heterocycles. The van der Waals surface area contributed by atoms with Crippen LogP contribution in [0.2, 0.25) is 0 Å². The number of benzene rings is 1. The molecular formula is C13H12N4S. The van der Waals surface area contributed by atoms with Crippen LogP contribution in [0.15, 0.2) is 30.6 Å². The van der Waals surface area contributed by atoms with E-state index in [2.05, 4.69) is 31.8 Å². The number of aromatic nitrogens is 3. The maximum Gasteiger partial charge on any atom is 0.160 e. The molecule has 90 valence electrons. The van der Waals surface area contributed by atoms with Gasteiger partial charge in [-0.15, -0.1) is 10.2 Å². The van der Waals surface area contributed by atoms with Crippen LogP contribution in [0.25, 0.3) is 5.69 Å². The third kappa shape index (κ3) is 1.22. The second-order valence-corrected chi connectivity index (χ2v) is 5.12. The largest absolute Gasteiger partial charge is 0.352 e. The van der Waals surface area contributed by atoms with Gasteiger partial charge in [-0.1, -0.05) is 24.4 Å². The lowest BCUT2D eigenvalue weighted by molar-refractivity contribution is 0.391. The average Bonchev–Trinajstić information content (AvgIpc) is 3.04. The Balaban J connectivity index is 2.04. The predicted octanol–water partition coefficient (Wildman–Crippen LogP) is 2.09. The Kier molecular flexibility index (Phi) is 2.05. The maximum absolute atomic E-state index is 5.66. The number of fused-ring (bicyclic) bond motifs is 5. The van der Waals surface area contributed by atoms with Crippen molar-refractivity contribution in [1.29, 1.82) is 0 Å². The summed E-state index contributed by atoms with van der Waals surface area (Å²) in [5.74, 6) is 1.01. The van der Waals surface area contributed by atoms with Gasteiger partial charge in [0.2, 0.25) is 0 Å². The Labute approximate surface area is 110 Å². The first-order valence-electron chi connectivity index (χ1n) is 6.16. The minimum absolute atomic E-state index is 0.285. The molecule has 3 heterocycles. The molecule has 2 aromatic rings. The van der Waals surface area contributed by atoms with Crippen molar-refractivity contribution in [3.8, 4) is 5.69 Å². The third-order valence-electron chi connectivity index (χ3n) is 3.78. The Hall–Kier alpha value is -1.75. The van der Waals surface area contributed by atoms with E-state index in [1.54, 1.807) is 6.33 Å². The van der Waals surface area contributed by atoms with Crippen LogP contribution in [-0.2, 0) is 0 Å². The molecule has 0 N–H and O–H groups in total. The van der Waals surface area contributed by atoms with Crippen molar-refractivity contribution in [1.82, 2.24) is 19.7 Å². The summed E-state index contributed by atoms with van der Waals surface area (Å²) >= 11 is 5.66. The van der Waals surface area contributed by atoms with E-state index in [4.69, 9.17) is 12.2 Å². The number of hydrogen-bond donors (Lipinski definition) is 0. The van der Waals surface area contributed by atoms with Crippen LogP contribution in [0.3, 0.4) is 0 Å². The molecule has 1 fully saturated rings. The summed E-state index contributed by atoms with van der Waals surface area (Å²) in [6, 6.07) is 8.51. The highest BCUT2D eigenvalue weighted by Gasteiger charge is 2.35. The maximum atomic E-state index is 5.66. The van der Waals surface area contributed by atoms with Crippen LogP contribution < -0.4 is 0 Å². The van der Waals surface area contributed by atoms with Gasteiger partial charge in [-0.05, 0) is 25.0 Å². The average molecular weight is 256 g/mol. The molecule has 0 bridgehead atoms. The summed E-state index contributed by atoms with van der Waals surface area (Å²) in [4.78, 5) is 3.24.